The predicted octanol–water partition coefficient (Wildman–Crippen LogP) is 5.35. The molecule has 5 nitrogen and oxygen atoms in total. The molecule has 0 bridgehead atoms. The molecule has 31 heavy (non-hydrogen) atoms. The van der Waals surface area contributed by atoms with Crippen LogP contribution in [0, 0.1) is 0 Å². The minimum atomic E-state index is -4.03. The quantitative estimate of drug-likeness (QED) is 0.369. The molecule has 0 amide bonds. The number of pyridine rings is 1. The summed E-state index contributed by atoms with van der Waals surface area (Å²) in [5.74, 6) is 0.173. The zero-order valence-electron chi connectivity index (χ0n) is 16.6. The number of ketones is 1. The molecule has 0 atom stereocenters. The molecule has 0 aliphatic rings. The van der Waals surface area contributed by atoms with Crippen LogP contribution in [0.3, 0.4) is 0 Å². The number of benzene rings is 3. The van der Waals surface area contributed by atoms with Crippen LogP contribution in [-0.4, -0.2) is 25.8 Å². The van der Waals surface area contributed by atoms with Crippen LogP contribution in [0.1, 0.15) is 22.8 Å². The van der Waals surface area contributed by atoms with E-state index in [2.05, 4.69) is 4.98 Å². The Hall–Kier alpha value is -3.22. The third-order valence-corrected chi connectivity index (χ3v) is 6.88. The second-order valence-corrected chi connectivity index (χ2v) is 9.09. The van der Waals surface area contributed by atoms with Gasteiger partial charge in [-0.15, -0.1) is 0 Å². The van der Waals surface area contributed by atoms with E-state index >= 15 is 0 Å². The highest BCUT2D eigenvalue weighted by Crippen LogP contribution is 2.33. The van der Waals surface area contributed by atoms with Crippen molar-refractivity contribution in [2.75, 3.05) is 6.61 Å². The van der Waals surface area contributed by atoms with Crippen LogP contribution in [0.2, 0.25) is 5.02 Å². The smallest absolute Gasteiger partial charge is 0.208 e. The summed E-state index contributed by atoms with van der Waals surface area (Å²) >= 11 is 6.16. The molecule has 1 heterocycles. The first-order chi connectivity index (χ1) is 14.9. The van der Waals surface area contributed by atoms with Crippen LogP contribution < -0.4 is 4.74 Å². The van der Waals surface area contributed by atoms with Gasteiger partial charge in [-0.05, 0) is 61.5 Å². The number of halogens is 1. The van der Waals surface area contributed by atoms with Crippen molar-refractivity contribution in [3.63, 3.8) is 0 Å². The first-order valence-electron chi connectivity index (χ1n) is 9.58. The average Bonchev–Trinajstić information content (AvgIpc) is 2.79. The predicted molar refractivity (Wildman–Crippen MR) is 120 cm³/mol. The maximum atomic E-state index is 13.6. The largest absolute Gasteiger partial charge is 0.494 e. The Morgan fingerprint density at radius 1 is 1.00 bits per heavy atom. The molecule has 7 heteroatoms. The lowest BCUT2D eigenvalue weighted by atomic mass is 10.0. The van der Waals surface area contributed by atoms with Gasteiger partial charge in [0, 0.05) is 22.2 Å². The van der Waals surface area contributed by atoms with Crippen molar-refractivity contribution in [3.8, 4) is 5.75 Å². The Kier molecular flexibility index (Phi) is 5.76. The van der Waals surface area contributed by atoms with Crippen molar-refractivity contribution >= 4 is 38.1 Å². The zero-order chi connectivity index (χ0) is 22.0. The number of sulfone groups is 1. The Bertz CT molecular complexity index is 1370. The van der Waals surface area contributed by atoms with Crippen LogP contribution in [0.5, 0.6) is 5.75 Å². The van der Waals surface area contributed by atoms with Crippen molar-refractivity contribution in [2.45, 2.75) is 16.7 Å². The van der Waals surface area contributed by atoms with Gasteiger partial charge in [0.15, 0.2) is 5.78 Å². The van der Waals surface area contributed by atoms with Crippen LogP contribution in [0.4, 0.5) is 0 Å². The molecule has 0 saturated heterocycles. The number of hydrogen-bond acceptors (Lipinski definition) is 5. The third kappa shape index (κ3) is 4.04. The fourth-order valence-electron chi connectivity index (χ4n) is 3.33. The zero-order valence-corrected chi connectivity index (χ0v) is 18.2. The fraction of sp³-hybridized carbons (Fsp3) is 0.0833. The molecule has 0 spiro atoms. The number of nitrogens with zero attached hydrogens (tertiary/aromatic N) is 1. The Labute approximate surface area is 185 Å². The number of carbonyl (C=O) groups excluding carboxylic acids is 1. The van der Waals surface area contributed by atoms with E-state index in [4.69, 9.17) is 16.3 Å². The van der Waals surface area contributed by atoms with E-state index in [1.165, 1.54) is 24.4 Å². The third-order valence-electron chi connectivity index (χ3n) is 4.77. The van der Waals surface area contributed by atoms with Gasteiger partial charge in [-0.2, -0.15) is 0 Å². The van der Waals surface area contributed by atoms with E-state index < -0.39 is 15.6 Å². The molecule has 4 rings (SSSR count). The SMILES string of the molecule is CCOc1ccc(C(=O)c2cnc3ccc(Cl)cc3c2S(=O)(=O)c2ccccc2)cc1. The van der Waals surface area contributed by atoms with Gasteiger partial charge in [0.25, 0.3) is 0 Å². The highest BCUT2D eigenvalue weighted by atomic mass is 35.5. The summed E-state index contributed by atoms with van der Waals surface area (Å²) in [6, 6.07) is 19.3. The van der Waals surface area contributed by atoms with Gasteiger partial charge in [0.05, 0.1) is 27.5 Å². The minimum Gasteiger partial charge on any atom is -0.494 e. The number of aromatic nitrogens is 1. The first-order valence-corrected chi connectivity index (χ1v) is 11.4. The molecule has 4 aromatic rings. The standard InChI is InChI=1S/C24H18ClNO4S/c1-2-30-18-11-8-16(9-12-18)23(27)21-15-26-22-13-10-17(25)14-20(22)24(21)31(28,29)19-6-4-3-5-7-19/h3-15H,2H2,1H3. The van der Waals surface area contributed by atoms with E-state index in [1.54, 1.807) is 54.6 Å². The molecular weight excluding hydrogens is 434 g/mol. The minimum absolute atomic E-state index is 0.0113. The number of ether oxygens (including phenoxy) is 1. The van der Waals surface area contributed by atoms with E-state index in [9.17, 15) is 13.2 Å². The summed E-state index contributed by atoms with van der Waals surface area (Å²) in [5.41, 5.74) is 0.751. The van der Waals surface area contributed by atoms with Crippen LogP contribution in [-0.2, 0) is 9.84 Å². The Morgan fingerprint density at radius 2 is 1.71 bits per heavy atom. The Balaban J connectivity index is 1.95. The second-order valence-electron chi connectivity index (χ2n) is 6.77. The van der Waals surface area contributed by atoms with Crippen molar-refractivity contribution in [1.29, 1.82) is 0 Å². The first kappa shape index (κ1) is 21.0. The van der Waals surface area contributed by atoms with Crippen molar-refractivity contribution < 1.29 is 17.9 Å². The molecular formula is C24H18ClNO4S. The lowest BCUT2D eigenvalue weighted by Crippen LogP contribution is -2.12. The highest BCUT2D eigenvalue weighted by molar-refractivity contribution is 7.91. The highest BCUT2D eigenvalue weighted by Gasteiger charge is 2.28. The maximum Gasteiger partial charge on any atom is 0.208 e. The van der Waals surface area contributed by atoms with Gasteiger partial charge in [-0.1, -0.05) is 29.8 Å². The summed E-state index contributed by atoms with van der Waals surface area (Å²) in [5, 5.41) is 0.651. The van der Waals surface area contributed by atoms with Gasteiger partial charge in [-0.25, -0.2) is 8.42 Å². The monoisotopic (exact) mass is 451 g/mol. The van der Waals surface area contributed by atoms with Gasteiger partial charge in [0.2, 0.25) is 9.84 Å². The normalized spacial score (nSPS) is 11.4. The van der Waals surface area contributed by atoms with Crippen LogP contribution in [0.15, 0.2) is 88.8 Å². The molecule has 3 aromatic carbocycles. The number of rotatable bonds is 6. The molecule has 1 aromatic heterocycles. The maximum absolute atomic E-state index is 13.6. The van der Waals surface area contributed by atoms with Gasteiger partial charge in [-0.3, -0.25) is 9.78 Å². The van der Waals surface area contributed by atoms with E-state index in [1.807, 2.05) is 6.92 Å². The molecule has 156 valence electrons. The summed E-state index contributed by atoms with van der Waals surface area (Å²) in [6.45, 7) is 2.37. The summed E-state index contributed by atoms with van der Waals surface area (Å²) in [4.78, 5) is 17.7. The second kappa shape index (κ2) is 8.49. The van der Waals surface area contributed by atoms with E-state index in [-0.39, 0.29) is 15.4 Å². The molecule has 0 N–H and O–H groups in total. The lowest BCUT2D eigenvalue weighted by molar-refractivity contribution is 0.103. The number of hydrogen-bond donors (Lipinski definition) is 0. The molecule has 0 aliphatic carbocycles. The Morgan fingerprint density at radius 3 is 2.39 bits per heavy atom. The molecule has 0 saturated carbocycles. The summed E-state index contributed by atoms with van der Waals surface area (Å²) < 4.78 is 32.6. The molecule has 0 fully saturated rings. The van der Waals surface area contributed by atoms with E-state index in [0.717, 1.165) is 0 Å². The van der Waals surface area contributed by atoms with Gasteiger partial charge < -0.3 is 4.74 Å². The van der Waals surface area contributed by atoms with Crippen LogP contribution in [0.25, 0.3) is 10.9 Å². The molecule has 0 unspecified atom stereocenters. The summed E-state index contributed by atoms with van der Waals surface area (Å²) in [7, 11) is -4.03. The van der Waals surface area contributed by atoms with Crippen molar-refractivity contribution in [1.82, 2.24) is 4.98 Å². The molecule has 0 radical (unpaired) electrons. The number of carbonyl (C=O) groups is 1. The van der Waals surface area contributed by atoms with Crippen molar-refractivity contribution in [2.24, 2.45) is 0 Å². The molecule has 0 aliphatic heterocycles. The van der Waals surface area contributed by atoms with Gasteiger partial charge >= 0.3 is 0 Å². The fourth-order valence-corrected chi connectivity index (χ4v) is 5.15. The lowest BCUT2D eigenvalue weighted by Gasteiger charge is -2.13. The van der Waals surface area contributed by atoms with E-state index in [0.29, 0.717) is 33.8 Å². The van der Waals surface area contributed by atoms with Gasteiger partial charge in [0.1, 0.15) is 5.75 Å². The number of fused-ring (bicyclic) bond motifs is 1. The summed E-state index contributed by atoms with van der Waals surface area (Å²) in [6.07, 6.45) is 1.31. The van der Waals surface area contributed by atoms with Crippen molar-refractivity contribution in [3.05, 3.63) is 95.1 Å². The van der Waals surface area contributed by atoms with Crippen LogP contribution >= 0.6 is 11.6 Å². The topological polar surface area (TPSA) is 73.3 Å². The average molecular weight is 452 g/mol.